The quantitative estimate of drug-likeness (QED) is 0.392. The van der Waals surface area contributed by atoms with Crippen LogP contribution >= 0.6 is 0 Å². The molecular weight excluding hydrogens is 358 g/mol. The van der Waals surface area contributed by atoms with Crippen molar-refractivity contribution in [1.29, 1.82) is 0 Å². The third kappa shape index (κ3) is 4.34. The van der Waals surface area contributed by atoms with Gasteiger partial charge in [0.25, 0.3) is 0 Å². The van der Waals surface area contributed by atoms with E-state index in [1.54, 1.807) is 0 Å². The largest absolute Gasteiger partial charge is 0.417 e. The molecule has 0 saturated carbocycles. The maximum atomic E-state index is 12.9. The molecule has 152 valence electrons. The van der Waals surface area contributed by atoms with E-state index in [1.807, 2.05) is 6.92 Å². The Labute approximate surface area is 163 Å². The van der Waals surface area contributed by atoms with Gasteiger partial charge in [0.15, 0.2) is 16.6 Å². The minimum Gasteiger partial charge on any atom is -0.417 e. The average molecular weight is 400 g/mol. The third-order valence-corrected chi connectivity index (χ3v) is 16.8. The first-order valence-electron chi connectivity index (χ1n) is 9.77. The summed E-state index contributed by atoms with van der Waals surface area (Å²) in [6, 6.07) is 0.0836. The molecule has 0 aliphatic carbocycles. The number of nitrogens with zero attached hydrogens (tertiary/aromatic N) is 1. The van der Waals surface area contributed by atoms with E-state index in [0.717, 1.165) is 17.6 Å². The fourth-order valence-corrected chi connectivity index (χ4v) is 6.40. The molecule has 0 unspecified atom stereocenters. The molecule has 1 heterocycles. The van der Waals surface area contributed by atoms with Crippen molar-refractivity contribution in [2.75, 3.05) is 13.2 Å². The number of amides is 1. The molecular formula is C20H41NO3Si2. The lowest BCUT2D eigenvalue weighted by Crippen LogP contribution is -2.70. The van der Waals surface area contributed by atoms with Crippen LogP contribution in [0.2, 0.25) is 36.3 Å². The maximum absolute atomic E-state index is 12.9. The van der Waals surface area contributed by atoms with Crippen molar-refractivity contribution in [3.05, 3.63) is 11.1 Å². The second kappa shape index (κ2) is 7.53. The molecule has 1 fully saturated rings. The van der Waals surface area contributed by atoms with Crippen molar-refractivity contribution in [1.82, 2.24) is 4.57 Å². The molecule has 0 radical (unpaired) electrons. The predicted molar refractivity (Wildman–Crippen MR) is 115 cm³/mol. The Morgan fingerprint density at radius 1 is 1.08 bits per heavy atom. The van der Waals surface area contributed by atoms with Gasteiger partial charge in [-0.3, -0.25) is 4.79 Å². The van der Waals surface area contributed by atoms with E-state index >= 15 is 0 Å². The third-order valence-electron chi connectivity index (χ3n) is 6.89. The van der Waals surface area contributed by atoms with Crippen molar-refractivity contribution in [3.8, 4) is 0 Å². The van der Waals surface area contributed by atoms with E-state index in [9.17, 15) is 9.90 Å². The van der Waals surface area contributed by atoms with Crippen LogP contribution in [0.3, 0.4) is 0 Å². The average Bonchev–Trinajstić information content (AvgIpc) is 2.43. The highest BCUT2D eigenvalue weighted by Gasteiger charge is 2.54. The Kier molecular flexibility index (Phi) is 6.83. The molecule has 1 saturated heterocycles. The Morgan fingerprint density at radius 3 is 1.96 bits per heavy atom. The Balaban J connectivity index is 3.04. The van der Waals surface area contributed by atoms with Crippen molar-refractivity contribution < 1.29 is 14.3 Å². The first kappa shape index (κ1) is 23.6. The number of aliphatic hydroxyl groups is 1. The van der Waals surface area contributed by atoms with Gasteiger partial charge < -0.3 is 14.1 Å². The van der Waals surface area contributed by atoms with Crippen LogP contribution in [-0.2, 0) is 9.22 Å². The lowest BCUT2D eigenvalue weighted by molar-refractivity contribution is -0.131. The second-order valence-corrected chi connectivity index (χ2v) is 20.7. The minimum atomic E-state index is -1.96. The molecule has 0 aromatic heterocycles. The Morgan fingerprint density at radius 2 is 1.58 bits per heavy atom. The zero-order valence-corrected chi connectivity index (χ0v) is 20.9. The summed E-state index contributed by atoms with van der Waals surface area (Å²) in [4.78, 5) is 12.9. The monoisotopic (exact) mass is 399 g/mol. The number of carbonyl (C=O) groups excluding carboxylic acids is 1. The van der Waals surface area contributed by atoms with Gasteiger partial charge in [0.2, 0.25) is 5.91 Å². The van der Waals surface area contributed by atoms with Gasteiger partial charge in [0, 0.05) is 12.2 Å². The number of hydrogen-bond donors (Lipinski definition) is 1. The zero-order chi connectivity index (χ0) is 20.7. The molecule has 0 spiro atoms. The standard InChI is InChI=1S/C20H41NO3Si2/c1-15(14-22)17-16(12-13-24-26(10,11)20(5,6)7)21(18(17)23)25(8,9)19(2,3)4/h16,22H,12-14H2,1-11H3/t16-/m1/s1. The molecule has 6 heteroatoms. The van der Waals surface area contributed by atoms with Gasteiger partial charge in [-0.2, -0.15) is 0 Å². The fourth-order valence-electron chi connectivity index (χ4n) is 2.95. The van der Waals surface area contributed by atoms with Crippen LogP contribution in [0.5, 0.6) is 0 Å². The lowest BCUT2D eigenvalue weighted by atomic mass is 9.91. The van der Waals surface area contributed by atoms with Crippen molar-refractivity contribution in [2.45, 2.75) is 97.2 Å². The fraction of sp³-hybridized carbons (Fsp3) is 0.850. The van der Waals surface area contributed by atoms with E-state index in [2.05, 4.69) is 72.3 Å². The van der Waals surface area contributed by atoms with Crippen LogP contribution in [0.4, 0.5) is 0 Å². The highest BCUT2D eigenvalue weighted by Crippen LogP contribution is 2.46. The second-order valence-electron chi connectivity index (χ2n) is 10.7. The molecule has 0 bridgehead atoms. The van der Waals surface area contributed by atoms with Gasteiger partial charge >= 0.3 is 0 Å². The van der Waals surface area contributed by atoms with Gasteiger partial charge in [0.1, 0.15) is 0 Å². The van der Waals surface area contributed by atoms with Crippen LogP contribution in [0, 0.1) is 0 Å². The van der Waals surface area contributed by atoms with E-state index in [4.69, 9.17) is 4.43 Å². The van der Waals surface area contributed by atoms with Crippen LogP contribution in [0.15, 0.2) is 11.1 Å². The SMILES string of the molecule is CC(CO)=C1C(=O)N([Si](C)(C)C(C)(C)C)[C@@H]1CCO[Si](C)(C)C(C)(C)C. The van der Waals surface area contributed by atoms with E-state index in [0.29, 0.717) is 6.61 Å². The Bertz CT molecular complexity index is 569. The molecule has 1 aliphatic rings. The van der Waals surface area contributed by atoms with E-state index in [-0.39, 0.29) is 28.6 Å². The first-order valence-corrected chi connectivity index (χ1v) is 15.6. The van der Waals surface area contributed by atoms with Gasteiger partial charge in [-0.1, -0.05) is 54.6 Å². The Hall–Kier alpha value is -0.436. The first-order chi connectivity index (χ1) is 11.5. The highest BCUT2D eigenvalue weighted by molar-refractivity contribution is 6.80. The van der Waals surface area contributed by atoms with Crippen LogP contribution in [0.25, 0.3) is 0 Å². The number of hydrogen-bond acceptors (Lipinski definition) is 3. The summed E-state index contributed by atoms with van der Waals surface area (Å²) in [5, 5.41) is 9.85. The molecule has 1 amide bonds. The normalized spacial score (nSPS) is 21.8. The molecule has 0 aromatic rings. The van der Waals surface area contributed by atoms with Crippen molar-refractivity contribution in [2.24, 2.45) is 0 Å². The van der Waals surface area contributed by atoms with Crippen molar-refractivity contribution >= 4 is 22.5 Å². The van der Waals surface area contributed by atoms with Gasteiger partial charge in [0.05, 0.1) is 12.6 Å². The van der Waals surface area contributed by atoms with Crippen LogP contribution < -0.4 is 0 Å². The van der Waals surface area contributed by atoms with Gasteiger partial charge in [-0.05, 0) is 42.1 Å². The summed E-state index contributed by atoms with van der Waals surface area (Å²) >= 11 is 0. The molecule has 4 nitrogen and oxygen atoms in total. The smallest absolute Gasteiger partial charge is 0.244 e. The summed E-state index contributed by atoms with van der Waals surface area (Å²) in [6.07, 6.45) is 0.817. The van der Waals surface area contributed by atoms with E-state index < -0.39 is 16.6 Å². The highest BCUT2D eigenvalue weighted by atomic mass is 28.4. The van der Waals surface area contributed by atoms with Gasteiger partial charge in [-0.25, -0.2) is 0 Å². The molecule has 0 aromatic carbocycles. The number of rotatable bonds is 6. The maximum Gasteiger partial charge on any atom is 0.244 e. The number of aliphatic hydroxyl groups excluding tert-OH is 1. The molecule has 1 rings (SSSR count). The lowest BCUT2D eigenvalue weighted by Gasteiger charge is -2.56. The summed E-state index contributed by atoms with van der Waals surface area (Å²) in [5.41, 5.74) is 1.62. The zero-order valence-electron chi connectivity index (χ0n) is 18.9. The molecule has 26 heavy (non-hydrogen) atoms. The summed E-state index contributed by atoms with van der Waals surface area (Å²) in [5.74, 6) is 0.125. The van der Waals surface area contributed by atoms with Gasteiger partial charge in [-0.15, -0.1) is 0 Å². The summed E-state index contributed by atoms with van der Waals surface area (Å²) in [7, 11) is -3.75. The topological polar surface area (TPSA) is 49.8 Å². The number of β-lactam (4-membered cyclic amide) rings is 1. The molecule has 1 aliphatic heterocycles. The summed E-state index contributed by atoms with van der Waals surface area (Å²) in [6.45, 7) is 25.0. The molecule has 1 N–H and O–H groups in total. The predicted octanol–water partition coefficient (Wildman–Crippen LogP) is 4.92. The van der Waals surface area contributed by atoms with Crippen LogP contribution in [0.1, 0.15) is 54.9 Å². The minimum absolute atomic E-state index is 0.0496. The van der Waals surface area contributed by atoms with E-state index in [1.165, 1.54) is 0 Å². The van der Waals surface area contributed by atoms with Crippen LogP contribution in [-0.4, -0.2) is 51.4 Å². The molecule has 1 atom stereocenters. The summed E-state index contributed by atoms with van der Waals surface area (Å²) < 4.78 is 8.52. The number of carbonyl (C=O) groups is 1. The van der Waals surface area contributed by atoms with Crippen molar-refractivity contribution in [3.63, 3.8) is 0 Å².